The summed E-state index contributed by atoms with van der Waals surface area (Å²) < 4.78 is 0. The van der Waals surface area contributed by atoms with Gasteiger partial charge >= 0.3 is 0 Å². The fourth-order valence-corrected chi connectivity index (χ4v) is 2.59. The van der Waals surface area contributed by atoms with Crippen LogP contribution in [0.5, 0.6) is 0 Å². The van der Waals surface area contributed by atoms with Crippen LogP contribution in [0.2, 0.25) is 0 Å². The van der Waals surface area contributed by atoms with Gasteiger partial charge in [0, 0.05) is 12.6 Å². The summed E-state index contributed by atoms with van der Waals surface area (Å²) in [5.74, 6) is 1.47. The molecule has 0 aromatic carbocycles. The second-order valence-electron chi connectivity index (χ2n) is 5.70. The number of nitrogens with zero attached hydrogens (tertiary/aromatic N) is 6. The Morgan fingerprint density at radius 3 is 2.60 bits per heavy atom. The summed E-state index contributed by atoms with van der Waals surface area (Å²) in [6.07, 6.45) is 5.04. The van der Waals surface area contributed by atoms with E-state index in [9.17, 15) is 5.26 Å². The van der Waals surface area contributed by atoms with Gasteiger partial charge in [-0.3, -0.25) is 0 Å². The zero-order valence-electron chi connectivity index (χ0n) is 13.5. The highest BCUT2D eigenvalue weighted by Gasteiger charge is 2.14. The minimum atomic E-state index is 0.237. The van der Waals surface area contributed by atoms with E-state index in [4.69, 9.17) is 5.26 Å². The van der Waals surface area contributed by atoms with E-state index >= 15 is 0 Å². The second-order valence-corrected chi connectivity index (χ2v) is 5.70. The predicted molar refractivity (Wildman–Crippen MR) is 90.9 cm³/mol. The van der Waals surface area contributed by atoms with Gasteiger partial charge in [0.15, 0.2) is 17.2 Å². The Morgan fingerprint density at radius 1 is 1.08 bits per heavy atom. The fraction of sp³-hybridized carbons (Fsp3) is 0.375. The lowest BCUT2D eigenvalue weighted by Crippen LogP contribution is -2.31. The molecule has 0 aliphatic carbocycles. The first-order chi connectivity index (χ1) is 12.3. The van der Waals surface area contributed by atoms with Gasteiger partial charge in [0.05, 0.1) is 18.1 Å². The molecule has 0 saturated carbocycles. The lowest BCUT2D eigenvalue weighted by molar-refractivity contribution is 0.390. The van der Waals surface area contributed by atoms with Crippen molar-refractivity contribution in [3.63, 3.8) is 0 Å². The Balaban J connectivity index is 1.70. The van der Waals surface area contributed by atoms with E-state index in [0.717, 1.165) is 32.5 Å². The van der Waals surface area contributed by atoms with Crippen LogP contribution in [0.1, 0.15) is 24.2 Å². The molecular weight excluding hydrogens is 318 g/mol. The highest BCUT2D eigenvalue weighted by atomic mass is 15.2. The zero-order valence-corrected chi connectivity index (χ0v) is 13.5. The molecule has 1 aliphatic heterocycles. The molecule has 0 radical (unpaired) electrons. The minimum absolute atomic E-state index is 0.237. The lowest BCUT2D eigenvalue weighted by Gasteiger charge is -2.23. The molecule has 2 aromatic heterocycles. The number of nitriles is 2. The number of hydrogen-bond donors (Lipinski definition) is 3. The Bertz CT molecular complexity index is 798. The highest BCUT2D eigenvalue weighted by molar-refractivity contribution is 5.62. The van der Waals surface area contributed by atoms with E-state index in [1.807, 2.05) is 12.1 Å². The summed E-state index contributed by atoms with van der Waals surface area (Å²) in [4.78, 5) is 8.02. The van der Waals surface area contributed by atoms with Crippen molar-refractivity contribution >= 4 is 17.3 Å². The van der Waals surface area contributed by atoms with Crippen LogP contribution in [0, 0.1) is 28.6 Å². The molecule has 25 heavy (non-hydrogen) atoms. The number of nitrogens with one attached hydrogen (secondary N) is 3. The smallest absolute Gasteiger partial charge is 0.186 e. The summed E-state index contributed by atoms with van der Waals surface area (Å²) in [7, 11) is 0. The Hall–Kier alpha value is -3.30. The largest absolute Gasteiger partial charge is 0.382 e. The van der Waals surface area contributed by atoms with Crippen LogP contribution in [-0.4, -0.2) is 39.8 Å². The van der Waals surface area contributed by atoms with Crippen LogP contribution in [0.15, 0.2) is 18.5 Å². The van der Waals surface area contributed by atoms with Crippen LogP contribution in [0.25, 0.3) is 0 Å². The van der Waals surface area contributed by atoms with Gasteiger partial charge in [0.25, 0.3) is 0 Å². The first kappa shape index (κ1) is 16.6. The molecule has 3 rings (SSSR count). The van der Waals surface area contributed by atoms with Crippen molar-refractivity contribution in [2.24, 2.45) is 5.92 Å². The normalized spacial score (nSPS) is 14.3. The van der Waals surface area contributed by atoms with Gasteiger partial charge < -0.3 is 16.0 Å². The molecule has 126 valence electrons. The van der Waals surface area contributed by atoms with E-state index in [-0.39, 0.29) is 11.4 Å². The molecule has 1 saturated heterocycles. The monoisotopic (exact) mass is 335 g/mol. The number of hydrogen-bond acceptors (Lipinski definition) is 9. The van der Waals surface area contributed by atoms with E-state index in [0.29, 0.717) is 23.2 Å². The molecule has 1 aliphatic rings. The topological polar surface area (TPSA) is 135 Å². The molecule has 9 heteroatoms. The van der Waals surface area contributed by atoms with Crippen molar-refractivity contribution in [1.29, 1.82) is 10.5 Å². The Labute approximate surface area is 145 Å². The average molecular weight is 335 g/mol. The van der Waals surface area contributed by atoms with Crippen molar-refractivity contribution in [2.75, 3.05) is 30.3 Å². The molecule has 1 fully saturated rings. The fourth-order valence-electron chi connectivity index (χ4n) is 2.59. The van der Waals surface area contributed by atoms with Gasteiger partial charge in [-0.2, -0.15) is 10.5 Å². The maximum atomic E-state index is 9.22. The van der Waals surface area contributed by atoms with Crippen molar-refractivity contribution in [3.05, 3.63) is 29.8 Å². The summed E-state index contributed by atoms with van der Waals surface area (Å²) in [6.45, 7) is 2.84. The van der Waals surface area contributed by atoms with Gasteiger partial charge in [0.2, 0.25) is 0 Å². The maximum Gasteiger partial charge on any atom is 0.186 e. The van der Waals surface area contributed by atoms with Gasteiger partial charge in [-0.15, -0.1) is 10.2 Å². The summed E-state index contributed by atoms with van der Waals surface area (Å²) in [6, 6.07) is 5.69. The molecule has 9 nitrogen and oxygen atoms in total. The molecule has 2 aromatic rings. The maximum absolute atomic E-state index is 9.22. The molecule has 0 spiro atoms. The number of aromatic nitrogens is 4. The molecule has 0 unspecified atom stereocenters. The summed E-state index contributed by atoms with van der Waals surface area (Å²) >= 11 is 0. The van der Waals surface area contributed by atoms with Gasteiger partial charge in [-0.25, -0.2) is 9.97 Å². The number of piperidine rings is 1. The van der Waals surface area contributed by atoms with Gasteiger partial charge in [-0.1, -0.05) is 0 Å². The molecule has 0 bridgehead atoms. The number of rotatable bonds is 5. The van der Waals surface area contributed by atoms with Crippen LogP contribution in [-0.2, 0) is 0 Å². The third kappa shape index (κ3) is 4.37. The van der Waals surface area contributed by atoms with Crippen LogP contribution in [0.3, 0.4) is 0 Å². The van der Waals surface area contributed by atoms with Crippen LogP contribution in [0.4, 0.5) is 17.3 Å². The third-order valence-corrected chi connectivity index (χ3v) is 3.96. The van der Waals surface area contributed by atoms with E-state index in [1.54, 1.807) is 6.07 Å². The standard InChI is InChI=1S/C16H17N9/c17-6-12-9-22-16(10-20-12)23-15-5-13(14(7-18)24-25-15)21-8-11-1-3-19-4-2-11/h5,9-11,19H,1-4,8H2,(H2,21,22,23,25). The SMILES string of the molecule is N#Cc1cnc(Nc2cc(NCC3CCNCC3)c(C#N)nn2)cn1. The predicted octanol–water partition coefficient (Wildman–Crippen LogP) is 1.17. The molecule has 3 N–H and O–H groups in total. The van der Waals surface area contributed by atoms with Crippen LogP contribution >= 0.6 is 0 Å². The van der Waals surface area contributed by atoms with Crippen LogP contribution < -0.4 is 16.0 Å². The number of anilines is 3. The second kappa shape index (κ2) is 7.99. The highest BCUT2D eigenvalue weighted by Crippen LogP contribution is 2.20. The van der Waals surface area contributed by atoms with E-state index in [2.05, 4.69) is 36.1 Å². The molecule has 3 heterocycles. The summed E-state index contributed by atoms with van der Waals surface area (Å²) in [5, 5.41) is 35.5. The Kier molecular flexibility index (Phi) is 5.29. The minimum Gasteiger partial charge on any atom is -0.382 e. The molecular formula is C16H17N9. The van der Waals surface area contributed by atoms with Crippen molar-refractivity contribution in [2.45, 2.75) is 12.8 Å². The van der Waals surface area contributed by atoms with Crippen molar-refractivity contribution < 1.29 is 0 Å². The van der Waals surface area contributed by atoms with Gasteiger partial charge in [0.1, 0.15) is 18.0 Å². The van der Waals surface area contributed by atoms with Gasteiger partial charge in [-0.05, 0) is 31.8 Å². The van der Waals surface area contributed by atoms with E-state index < -0.39 is 0 Å². The van der Waals surface area contributed by atoms with Crippen molar-refractivity contribution in [3.8, 4) is 12.1 Å². The molecule has 0 amide bonds. The Morgan fingerprint density at radius 2 is 1.92 bits per heavy atom. The zero-order chi connectivity index (χ0) is 17.5. The first-order valence-corrected chi connectivity index (χ1v) is 8.00. The quantitative estimate of drug-likeness (QED) is 0.735. The van der Waals surface area contributed by atoms with E-state index in [1.165, 1.54) is 12.4 Å². The first-order valence-electron chi connectivity index (χ1n) is 8.00. The molecule has 0 atom stereocenters. The average Bonchev–Trinajstić information content (AvgIpc) is 2.68. The summed E-state index contributed by atoms with van der Waals surface area (Å²) in [5.41, 5.74) is 1.13. The van der Waals surface area contributed by atoms with Crippen molar-refractivity contribution in [1.82, 2.24) is 25.5 Å². The lowest BCUT2D eigenvalue weighted by atomic mass is 9.98. The third-order valence-electron chi connectivity index (χ3n) is 3.96.